The molecule has 17 heavy (non-hydrogen) atoms. The summed E-state index contributed by atoms with van der Waals surface area (Å²) >= 11 is 0. The third-order valence-electron chi connectivity index (χ3n) is 2.16. The van der Waals surface area contributed by atoms with Crippen LogP contribution in [0.5, 0.6) is 0 Å². The summed E-state index contributed by atoms with van der Waals surface area (Å²) in [5.74, 6) is 0.495. The highest BCUT2D eigenvalue weighted by molar-refractivity contribution is 5.83. The van der Waals surface area contributed by atoms with E-state index in [2.05, 4.69) is 20.8 Å². The van der Waals surface area contributed by atoms with E-state index in [1.54, 1.807) is 20.1 Å². The summed E-state index contributed by atoms with van der Waals surface area (Å²) in [6, 6.07) is 3.27. The Balaban J connectivity index is 2.40. The second-order valence-electron chi connectivity index (χ2n) is 3.71. The van der Waals surface area contributed by atoms with Gasteiger partial charge in [0.15, 0.2) is 0 Å². The predicted octanol–water partition coefficient (Wildman–Crippen LogP) is 0.348. The lowest BCUT2D eigenvalue weighted by atomic mass is 10.3. The largest absolute Gasteiger partial charge is 0.383 e. The van der Waals surface area contributed by atoms with Crippen molar-refractivity contribution < 1.29 is 9.53 Å². The maximum atomic E-state index is 11.6. The van der Waals surface area contributed by atoms with E-state index >= 15 is 0 Å². The SMILES string of the molecule is COCCNC(=O)C(C)Nc1ccc(C)nn1. The van der Waals surface area contributed by atoms with E-state index in [0.717, 1.165) is 5.69 Å². The number of aromatic nitrogens is 2. The number of hydrogen-bond acceptors (Lipinski definition) is 5. The van der Waals surface area contributed by atoms with Gasteiger partial charge in [0.05, 0.1) is 12.3 Å². The van der Waals surface area contributed by atoms with Crippen molar-refractivity contribution in [3.63, 3.8) is 0 Å². The summed E-state index contributed by atoms with van der Waals surface area (Å²) in [6.45, 7) is 4.63. The van der Waals surface area contributed by atoms with Crippen LogP contribution in [0, 0.1) is 6.92 Å². The van der Waals surface area contributed by atoms with Crippen molar-refractivity contribution >= 4 is 11.7 Å². The molecule has 0 aliphatic heterocycles. The third kappa shape index (κ3) is 4.78. The summed E-state index contributed by atoms with van der Waals surface area (Å²) in [4.78, 5) is 11.6. The number of carbonyl (C=O) groups is 1. The fraction of sp³-hybridized carbons (Fsp3) is 0.545. The summed E-state index contributed by atoms with van der Waals surface area (Å²) in [5, 5.41) is 13.5. The van der Waals surface area contributed by atoms with Crippen molar-refractivity contribution in [3.05, 3.63) is 17.8 Å². The molecule has 0 spiro atoms. The molecule has 0 fully saturated rings. The first kappa shape index (κ1) is 13.4. The molecule has 0 saturated heterocycles. The molecule has 1 aromatic heterocycles. The second-order valence-corrected chi connectivity index (χ2v) is 3.71. The molecule has 0 saturated carbocycles. The lowest BCUT2D eigenvalue weighted by Gasteiger charge is -2.13. The lowest BCUT2D eigenvalue weighted by molar-refractivity contribution is -0.121. The summed E-state index contributed by atoms with van der Waals surface area (Å²) in [6.07, 6.45) is 0. The Morgan fingerprint density at radius 3 is 2.82 bits per heavy atom. The minimum Gasteiger partial charge on any atom is -0.383 e. The molecular weight excluding hydrogens is 220 g/mol. The molecule has 1 atom stereocenters. The number of rotatable bonds is 6. The molecule has 6 nitrogen and oxygen atoms in total. The van der Waals surface area contributed by atoms with Gasteiger partial charge in [-0.25, -0.2) is 0 Å². The standard InChI is InChI=1S/C11H18N4O2/c1-8-4-5-10(15-14-8)13-9(2)11(16)12-6-7-17-3/h4-5,9H,6-7H2,1-3H3,(H,12,16)(H,13,15). The molecule has 1 unspecified atom stereocenters. The molecule has 0 aliphatic carbocycles. The highest BCUT2D eigenvalue weighted by Gasteiger charge is 2.12. The van der Waals surface area contributed by atoms with E-state index < -0.39 is 0 Å². The van der Waals surface area contributed by atoms with Crippen molar-refractivity contribution in [2.75, 3.05) is 25.6 Å². The van der Waals surface area contributed by atoms with Crippen LogP contribution >= 0.6 is 0 Å². The molecule has 0 aromatic carbocycles. The van der Waals surface area contributed by atoms with Crippen LogP contribution in [0.15, 0.2) is 12.1 Å². The molecule has 1 heterocycles. The van der Waals surface area contributed by atoms with Gasteiger partial charge in [0, 0.05) is 13.7 Å². The first-order valence-corrected chi connectivity index (χ1v) is 5.47. The average molecular weight is 238 g/mol. The Morgan fingerprint density at radius 1 is 1.47 bits per heavy atom. The van der Waals surface area contributed by atoms with E-state index in [4.69, 9.17) is 4.74 Å². The highest BCUT2D eigenvalue weighted by Crippen LogP contribution is 2.03. The van der Waals surface area contributed by atoms with E-state index in [1.165, 1.54) is 0 Å². The first-order chi connectivity index (χ1) is 8.13. The van der Waals surface area contributed by atoms with Crippen molar-refractivity contribution in [2.24, 2.45) is 0 Å². The number of amides is 1. The molecule has 6 heteroatoms. The molecule has 1 amide bonds. The number of ether oxygens (including phenoxy) is 1. The van der Waals surface area contributed by atoms with Crippen LogP contribution in [0.1, 0.15) is 12.6 Å². The number of methoxy groups -OCH3 is 1. The van der Waals surface area contributed by atoms with E-state index in [1.807, 2.05) is 13.0 Å². The van der Waals surface area contributed by atoms with Gasteiger partial charge in [-0.1, -0.05) is 0 Å². The van der Waals surface area contributed by atoms with E-state index in [0.29, 0.717) is 19.0 Å². The van der Waals surface area contributed by atoms with Crippen LogP contribution < -0.4 is 10.6 Å². The minimum absolute atomic E-state index is 0.0931. The number of hydrogen-bond donors (Lipinski definition) is 2. The Morgan fingerprint density at radius 2 is 2.24 bits per heavy atom. The molecule has 0 aliphatic rings. The fourth-order valence-corrected chi connectivity index (χ4v) is 1.19. The third-order valence-corrected chi connectivity index (χ3v) is 2.16. The van der Waals surface area contributed by atoms with E-state index in [9.17, 15) is 4.79 Å². The topological polar surface area (TPSA) is 76.1 Å². The van der Waals surface area contributed by atoms with Crippen molar-refractivity contribution in [1.82, 2.24) is 15.5 Å². The normalized spacial score (nSPS) is 11.9. The van der Waals surface area contributed by atoms with Crippen LogP contribution in [0.2, 0.25) is 0 Å². The van der Waals surface area contributed by atoms with Crippen LogP contribution in [0.3, 0.4) is 0 Å². The predicted molar refractivity (Wildman–Crippen MR) is 64.7 cm³/mol. The maximum absolute atomic E-state index is 11.6. The number of anilines is 1. The van der Waals surface area contributed by atoms with Crippen molar-refractivity contribution in [2.45, 2.75) is 19.9 Å². The Labute approximate surface area is 101 Å². The molecule has 1 aromatic rings. The second kappa shape index (κ2) is 6.80. The van der Waals surface area contributed by atoms with Gasteiger partial charge in [0.1, 0.15) is 11.9 Å². The highest BCUT2D eigenvalue weighted by atomic mass is 16.5. The van der Waals surface area contributed by atoms with Gasteiger partial charge in [0.25, 0.3) is 0 Å². The summed E-state index contributed by atoms with van der Waals surface area (Å²) < 4.78 is 4.85. The summed E-state index contributed by atoms with van der Waals surface area (Å²) in [7, 11) is 1.59. The average Bonchev–Trinajstić information content (AvgIpc) is 2.32. The zero-order valence-corrected chi connectivity index (χ0v) is 10.4. The Hall–Kier alpha value is -1.69. The lowest BCUT2D eigenvalue weighted by Crippen LogP contribution is -2.39. The smallest absolute Gasteiger partial charge is 0.242 e. The van der Waals surface area contributed by atoms with Gasteiger partial charge in [-0.15, -0.1) is 5.10 Å². The molecule has 94 valence electrons. The van der Waals surface area contributed by atoms with Gasteiger partial charge < -0.3 is 15.4 Å². The van der Waals surface area contributed by atoms with Crippen LogP contribution in [0.25, 0.3) is 0 Å². The molecule has 1 rings (SSSR count). The fourth-order valence-electron chi connectivity index (χ4n) is 1.19. The number of carbonyl (C=O) groups excluding carboxylic acids is 1. The van der Waals surface area contributed by atoms with Gasteiger partial charge in [-0.3, -0.25) is 4.79 Å². The first-order valence-electron chi connectivity index (χ1n) is 5.47. The van der Waals surface area contributed by atoms with Crippen LogP contribution in [-0.2, 0) is 9.53 Å². The monoisotopic (exact) mass is 238 g/mol. The molecule has 0 bridgehead atoms. The zero-order valence-electron chi connectivity index (χ0n) is 10.4. The quantitative estimate of drug-likeness (QED) is 0.699. The maximum Gasteiger partial charge on any atom is 0.242 e. The number of nitrogens with one attached hydrogen (secondary N) is 2. The van der Waals surface area contributed by atoms with Gasteiger partial charge in [-0.2, -0.15) is 5.10 Å². The van der Waals surface area contributed by atoms with Gasteiger partial charge in [0.2, 0.25) is 5.91 Å². The number of aryl methyl sites for hydroxylation is 1. The molecular formula is C11H18N4O2. The Bertz CT molecular complexity index is 353. The summed E-state index contributed by atoms with van der Waals surface area (Å²) in [5.41, 5.74) is 0.841. The molecule has 0 radical (unpaired) electrons. The number of nitrogens with zero attached hydrogens (tertiary/aromatic N) is 2. The van der Waals surface area contributed by atoms with Crippen molar-refractivity contribution in [3.8, 4) is 0 Å². The van der Waals surface area contributed by atoms with Crippen LogP contribution in [-0.4, -0.2) is 42.4 Å². The Kier molecular flexibility index (Phi) is 5.35. The minimum atomic E-state index is -0.358. The van der Waals surface area contributed by atoms with Crippen molar-refractivity contribution in [1.29, 1.82) is 0 Å². The van der Waals surface area contributed by atoms with E-state index in [-0.39, 0.29) is 11.9 Å². The van der Waals surface area contributed by atoms with Crippen LogP contribution in [0.4, 0.5) is 5.82 Å². The van der Waals surface area contributed by atoms with Gasteiger partial charge in [-0.05, 0) is 26.0 Å². The van der Waals surface area contributed by atoms with Gasteiger partial charge >= 0.3 is 0 Å². The zero-order chi connectivity index (χ0) is 12.7. The molecule has 2 N–H and O–H groups in total.